The Labute approximate surface area is 189 Å². The normalized spacial score (nSPS) is 24.1. The number of alkyl halides is 3. The largest absolute Gasteiger partial charge is 0.433 e. The fourth-order valence-corrected chi connectivity index (χ4v) is 6.38. The van der Waals surface area contributed by atoms with Gasteiger partial charge in [-0.05, 0) is 77.4 Å². The fraction of sp³-hybridized carbons (Fsp3) is 0.476. The minimum atomic E-state index is -4.65. The molecule has 0 saturated heterocycles. The molecule has 0 aliphatic heterocycles. The molecule has 2 bridgehead atoms. The fourth-order valence-electron chi connectivity index (χ4n) is 5.18. The standard InChI is InChI=1S/C21H20BrF3N4OS/c1-10(13-8-11-4-5-12(13)7-11)26-20(30)18-17(22)19-27-14(15-3-2-6-31-15)9-16(21(23,24)25)29(19)28-18/h2-3,6,9-13H,4-5,7-8H2,1H3,(H,26,30)/t10-,11-,12-,13+/m0/s1. The summed E-state index contributed by atoms with van der Waals surface area (Å²) in [7, 11) is 0. The first-order valence-corrected chi connectivity index (χ1v) is 11.9. The van der Waals surface area contributed by atoms with Crippen molar-refractivity contribution in [3.05, 3.63) is 39.4 Å². The number of aromatic nitrogens is 3. The van der Waals surface area contributed by atoms with Crippen molar-refractivity contribution < 1.29 is 18.0 Å². The van der Waals surface area contributed by atoms with Crippen molar-refractivity contribution in [2.24, 2.45) is 17.8 Å². The quantitative estimate of drug-likeness (QED) is 0.480. The molecule has 1 N–H and O–H groups in total. The number of fused-ring (bicyclic) bond motifs is 3. The molecule has 3 aromatic rings. The molecular weight excluding hydrogens is 493 g/mol. The van der Waals surface area contributed by atoms with Crippen LogP contribution < -0.4 is 5.32 Å². The van der Waals surface area contributed by atoms with E-state index in [1.165, 1.54) is 30.6 Å². The molecular formula is C21H20BrF3N4OS. The Hall–Kier alpha value is -1.94. The first-order chi connectivity index (χ1) is 14.7. The number of rotatable bonds is 4. The molecule has 0 unspecified atom stereocenters. The van der Waals surface area contributed by atoms with Crippen molar-refractivity contribution >= 4 is 38.8 Å². The number of hydrogen-bond donors (Lipinski definition) is 1. The van der Waals surface area contributed by atoms with Gasteiger partial charge in [0.1, 0.15) is 0 Å². The second-order valence-corrected chi connectivity index (χ2v) is 10.2. The average Bonchev–Trinajstić information content (AvgIpc) is 3.51. The first-order valence-electron chi connectivity index (χ1n) is 10.2. The summed E-state index contributed by atoms with van der Waals surface area (Å²) in [6.07, 6.45) is 0.120. The highest BCUT2D eigenvalue weighted by atomic mass is 79.9. The third-order valence-corrected chi connectivity index (χ3v) is 8.23. The molecule has 4 atom stereocenters. The van der Waals surface area contributed by atoms with Gasteiger partial charge in [0.25, 0.3) is 5.91 Å². The molecule has 3 heterocycles. The molecule has 5 rings (SSSR count). The average molecular weight is 513 g/mol. The van der Waals surface area contributed by atoms with Crippen LogP contribution in [0.2, 0.25) is 0 Å². The maximum Gasteiger partial charge on any atom is 0.433 e. The number of halogens is 4. The predicted molar refractivity (Wildman–Crippen MR) is 115 cm³/mol. The van der Waals surface area contributed by atoms with Crippen molar-refractivity contribution in [2.75, 3.05) is 0 Å². The van der Waals surface area contributed by atoms with E-state index in [1.807, 2.05) is 6.92 Å². The van der Waals surface area contributed by atoms with Crippen molar-refractivity contribution in [3.8, 4) is 10.6 Å². The molecule has 0 radical (unpaired) electrons. The van der Waals surface area contributed by atoms with E-state index in [4.69, 9.17) is 0 Å². The summed E-state index contributed by atoms with van der Waals surface area (Å²) in [6, 6.07) is 4.37. The maximum atomic E-state index is 13.8. The molecule has 5 nitrogen and oxygen atoms in total. The lowest BCUT2D eigenvalue weighted by molar-refractivity contribution is -0.142. The Morgan fingerprint density at radius 3 is 2.77 bits per heavy atom. The molecule has 2 aliphatic carbocycles. The molecule has 0 aromatic carbocycles. The molecule has 3 aromatic heterocycles. The van der Waals surface area contributed by atoms with E-state index in [2.05, 4.69) is 31.3 Å². The molecule has 10 heteroatoms. The van der Waals surface area contributed by atoms with Gasteiger partial charge in [-0.25, -0.2) is 9.50 Å². The number of thiophene rings is 1. The summed E-state index contributed by atoms with van der Waals surface area (Å²) in [4.78, 5) is 17.9. The topological polar surface area (TPSA) is 59.3 Å². The zero-order valence-corrected chi connectivity index (χ0v) is 19.0. The van der Waals surface area contributed by atoms with Gasteiger partial charge >= 0.3 is 6.18 Å². The van der Waals surface area contributed by atoms with Gasteiger partial charge < -0.3 is 5.32 Å². The Morgan fingerprint density at radius 1 is 1.35 bits per heavy atom. The molecule has 31 heavy (non-hydrogen) atoms. The minimum Gasteiger partial charge on any atom is -0.348 e. The Bertz CT molecular complexity index is 1140. The van der Waals surface area contributed by atoms with E-state index in [0.29, 0.717) is 21.2 Å². The van der Waals surface area contributed by atoms with Crippen molar-refractivity contribution in [1.82, 2.24) is 19.9 Å². The molecule has 1 amide bonds. The van der Waals surface area contributed by atoms with Gasteiger partial charge in [-0.1, -0.05) is 12.5 Å². The second kappa shape index (κ2) is 7.58. The monoisotopic (exact) mass is 512 g/mol. The molecule has 0 spiro atoms. The molecule has 2 saturated carbocycles. The first kappa shape index (κ1) is 20.9. The molecule has 2 fully saturated rings. The van der Waals surface area contributed by atoms with Crippen LogP contribution in [0.15, 0.2) is 28.1 Å². The Morgan fingerprint density at radius 2 is 2.16 bits per heavy atom. The lowest BCUT2D eigenvalue weighted by Crippen LogP contribution is -2.40. The van der Waals surface area contributed by atoms with Crippen LogP contribution in [0.25, 0.3) is 16.2 Å². The van der Waals surface area contributed by atoms with Gasteiger partial charge in [-0.3, -0.25) is 4.79 Å². The lowest BCUT2D eigenvalue weighted by atomic mass is 9.84. The van der Waals surface area contributed by atoms with E-state index < -0.39 is 17.8 Å². The van der Waals surface area contributed by atoms with E-state index in [0.717, 1.165) is 18.4 Å². The van der Waals surface area contributed by atoms with Crippen LogP contribution in [0, 0.1) is 17.8 Å². The van der Waals surface area contributed by atoms with E-state index in [-0.39, 0.29) is 27.5 Å². The highest BCUT2D eigenvalue weighted by molar-refractivity contribution is 9.10. The smallest absolute Gasteiger partial charge is 0.348 e. The van der Waals surface area contributed by atoms with Crippen LogP contribution in [0.3, 0.4) is 0 Å². The number of nitrogens with zero attached hydrogens (tertiary/aromatic N) is 3. The van der Waals surface area contributed by atoms with Gasteiger partial charge in [0.05, 0.1) is 15.0 Å². The number of hydrogen-bond acceptors (Lipinski definition) is 4. The Kier molecular flexibility index (Phi) is 5.12. The van der Waals surface area contributed by atoms with Crippen molar-refractivity contribution in [3.63, 3.8) is 0 Å². The second-order valence-electron chi connectivity index (χ2n) is 8.50. The number of carbonyl (C=O) groups excluding carboxylic acids is 1. The summed E-state index contributed by atoms with van der Waals surface area (Å²) < 4.78 is 42.2. The number of carbonyl (C=O) groups is 1. The maximum absolute atomic E-state index is 13.8. The third-order valence-electron chi connectivity index (χ3n) is 6.61. The SMILES string of the molecule is C[C@H](NC(=O)c1nn2c(C(F)(F)F)cc(-c3cccs3)nc2c1Br)[C@H]1C[C@H]2CC[C@H]1C2. The van der Waals surface area contributed by atoms with Crippen LogP contribution in [-0.4, -0.2) is 26.5 Å². The minimum absolute atomic E-state index is 0.0315. The lowest BCUT2D eigenvalue weighted by Gasteiger charge is -2.28. The zero-order chi connectivity index (χ0) is 21.9. The zero-order valence-electron chi connectivity index (χ0n) is 16.6. The predicted octanol–water partition coefficient (Wildman–Crippen LogP) is 5.79. The third kappa shape index (κ3) is 3.67. The van der Waals surface area contributed by atoms with Gasteiger partial charge in [-0.15, -0.1) is 11.3 Å². The summed E-state index contributed by atoms with van der Waals surface area (Å²) in [6.45, 7) is 1.97. The van der Waals surface area contributed by atoms with Gasteiger partial charge in [0.2, 0.25) is 0 Å². The van der Waals surface area contributed by atoms with Gasteiger partial charge in [-0.2, -0.15) is 18.3 Å². The highest BCUT2D eigenvalue weighted by Crippen LogP contribution is 2.49. The van der Waals surface area contributed by atoms with Gasteiger partial charge in [0.15, 0.2) is 17.0 Å². The summed E-state index contributed by atoms with van der Waals surface area (Å²) >= 11 is 4.58. The van der Waals surface area contributed by atoms with Gasteiger partial charge in [0, 0.05) is 6.04 Å². The number of amides is 1. The number of nitrogens with one attached hydrogen (secondary N) is 1. The Balaban J connectivity index is 1.50. The van der Waals surface area contributed by atoms with Crippen LogP contribution in [0.5, 0.6) is 0 Å². The summed E-state index contributed by atoms with van der Waals surface area (Å²) in [5, 5.41) is 8.75. The van der Waals surface area contributed by atoms with Crippen LogP contribution in [-0.2, 0) is 6.18 Å². The summed E-state index contributed by atoms with van der Waals surface area (Å²) in [5.41, 5.74) is -0.896. The van der Waals surface area contributed by atoms with Crippen molar-refractivity contribution in [2.45, 2.75) is 44.8 Å². The van der Waals surface area contributed by atoms with Crippen LogP contribution in [0.4, 0.5) is 13.2 Å². The molecule has 164 valence electrons. The van der Waals surface area contributed by atoms with Crippen molar-refractivity contribution in [1.29, 1.82) is 0 Å². The molecule has 2 aliphatic rings. The van der Waals surface area contributed by atoms with E-state index >= 15 is 0 Å². The van der Waals surface area contributed by atoms with Crippen LogP contribution >= 0.6 is 27.3 Å². The van der Waals surface area contributed by atoms with Crippen LogP contribution in [0.1, 0.15) is 48.8 Å². The highest BCUT2D eigenvalue weighted by Gasteiger charge is 2.42. The summed E-state index contributed by atoms with van der Waals surface area (Å²) in [5.74, 6) is 1.29. The van der Waals surface area contributed by atoms with E-state index in [9.17, 15) is 18.0 Å². The van der Waals surface area contributed by atoms with E-state index in [1.54, 1.807) is 17.5 Å².